The van der Waals surface area contributed by atoms with Gasteiger partial charge < -0.3 is 15.1 Å². The van der Waals surface area contributed by atoms with Gasteiger partial charge in [-0.25, -0.2) is 9.18 Å². The molecule has 0 saturated carbocycles. The number of halogens is 1. The molecule has 0 bridgehead atoms. The largest absolute Gasteiger partial charge is 0.342 e. The number of benzene rings is 1. The van der Waals surface area contributed by atoms with E-state index in [1.807, 2.05) is 4.90 Å². The van der Waals surface area contributed by atoms with Crippen molar-refractivity contribution < 1.29 is 14.0 Å². The molecule has 2 aliphatic rings. The van der Waals surface area contributed by atoms with Gasteiger partial charge in [0, 0.05) is 38.0 Å². The summed E-state index contributed by atoms with van der Waals surface area (Å²) in [6, 6.07) is 5.95. The molecule has 0 unspecified atom stereocenters. The molecule has 3 rings (SSSR count). The number of anilines is 1. The molecule has 0 aromatic heterocycles. The highest BCUT2D eigenvalue weighted by Gasteiger charge is 2.42. The molecule has 26 heavy (non-hydrogen) atoms. The number of hydrogen-bond acceptors (Lipinski definition) is 2. The zero-order chi connectivity index (χ0) is 18.6. The van der Waals surface area contributed by atoms with E-state index in [9.17, 15) is 14.0 Å². The molecule has 2 saturated heterocycles. The Labute approximate surface area is 154 Å². The Bertz CT molecular complexity index is 666. The number of piperidine rings is 2. The Morgan fingerprint density at radius 1 is 1.27 bits per heavy atom. The van der Waals surface area contributed by atoms with E-state index in [1.54, 1.807) is 23.1 Å². The summed E-state index contributed by atoms with van der Waals surface area (Å²) >= 11 is 0. The molecule has 1 N–H and O–H groups in total. The molecule has 1 aromatic carbocycles. The molecule has 142 valence electrons. The van der Waals surface area contributed by atoms with E-state index < -0.39 is 5.82 Å². The first-order valence-electron chi connectivity index (χ1n) is 9.61. The standard InChI is InChI=1S/C20H28FN3O2/c1-2-3-12-23-14-20(11-9-18(23)25)10-6-13-24(15-20)19(26)22-17-8-5-4-7-16(17)21/h4-5,7-8H,2-3,6,9-15H2,1H3,(H,22,26)/t20-/m1/s1. The molecule has 0 aliphatic carbocycles. The molecule has 1 aromatic rings. The summed E-state index contributed by atoms with van der Waals surface area (Å²) in [4.78, 5) is 28.6. The number of hydrogen-bond donors (Lipinski definition) is 1. The van der Waals surface area contributed by atoms with Gasteiger partial charge in [0.15, 0.2) is 0 Å². The summed E-state index contributed by atoms with van der Waals surface area (Å²) in [7, 11) is 0. The highest BCUT2D eigenvalue weighted by molar-refractivity contribution is 5.89. The number of nitrogens with one attached hydrogen (secondary N) is 1. The Kier molecular flexibility index (Phi) is 5.79. The number of amides is 3. The van der Waals surface area contributed by atoms with Gasteiger partial charge in [-0.1, -0.05) is 25.5 Å². The van der Waals surface area contributed by atoms with Crippen molar-refractivity contribution in [1.82, 2.24) is 9.80 Å². The second-order valence-electron chi connectivity index (χ2n) is 7.60. The lowest BCUT2D eigenvalue weighted by Crippen LogP contribution is -2.55. The van der Waals surface area contributed by atoms with Crippen LogP contribution in [0.5, 0.6) is 0 Å². The van der Waals surface area contributed by atoms with Crippen LogP contribution in [0, 0.1) is 11.2 Å². The second kappa shape index (κ2) is 8.06. The maximum atomic E-state index is 13.8. The number of nitrogens with zero attached hydrogens (tertiary/aromatic N) is 2. The fourth-order valence-electron chi connectivity index (χ4n) is 4.13. The van der Waals surface area contributed by atoms with E-state index in [0.717, 1.165) is 45.2 Å². The van der Waals surface area contributed by atoms with Gasteiger partial charge in [0.25, 0.3) is 0 Å². The molecular formula is C20H28FN3O2. The molecule has 2 aliphatic heterocycles. The number of urea groups is 1. The van der Waals surface area contributed by atoms with E-state index in [2.05, 4.69) is 12.2 Å². The number of carbonyl (C=O) groups is 2. The van der Waals surface area contributed by atoms with Crippen molar-refractivity contribution in [1.29, 1.82) is 0 Å². The van der Waals surface area contributed by atoms with Gasteiger partial charge in [0.05, 0.1) is 5.69 Å². The SMILES string of the molecule is CCCCN1C[C@@]2(CCCN(C(=O)Nc3ccccc3F)C2)CCC1=O. The Morgan fingerprint density at radius 3 is 2.85 bits per heavy atom. The van der Waals surface area contributed by atoms with E-state index in [0.29, 0.717) is 19.5 Å². The van der Waals surface area contributed by atoms with Gasteiger partial charge >= 0.3 is 6.03 Å². The third-order valence-corrected chi connectivity index (χ3v) is 5.59. The Hall–Kier alpha value is -2.11. The maximum Gasteiger partial charge on any atom is 0.321 e. The third-order valence-electron chi connectivity index (χ3n) is 5.59. The van der Waals surface area contributed by atoms with E-state index in [4.69, 9.17) is 0 Å². The predicted molar refractivity (Wildman–Crippen MR) is 99.4 cm³/mol. The van der Waals surface area contributed by atoms with Crippen molar-refractivity contribution in [3.63, 3.8) is 0 Å². The molecule has 3 amide bonds. The summed E-state index contributed by atoms with van der Waals surface area (Å²) in [5, 5.41) is 2.69. The lowest BCUT2D eigenvalue weighted by atomic mass is 9.73. The zero-order valence-corrected chi connectivity index (χ0v) is 15.5. The topological polar surface area (TPSA) is 52.6 Å². The van der Waals surface area contributed by atoms with Crippen LogP contribution in [0.4, 0.5) is 14.9 Å². The number of rotatable bonds is 4. The van der Waals surface area contributed by atoms with Gasteiger partial charge in [-0.2, -0.15) is 0 Å². The van der Waals surface area contributed by atoms with Gasteiger partial charge in [-0.3, -0.25) is 4.79 Å². The number of likely N-dealkylation sites (tertiary alicyclic amines) is 2. The fourth-order valence-corrected chi connectivity index (χ4v) is 4.13. The van der Waals surface area contributed by atoms with Gasteiger partial charge in [0.2, 0.25) is 5.91 Å². The first kappa shape index (κ1) is 18.7. The molecule has 2 heterocycles. The molecule has 1 spiro atoms. The fraction of sp³-hybridized carbons (Fsp3) is 0.600. The Balaban J connectivity index is 1.65. The first-order chi connectivity index (χ1) is 12.5. The van der Waals surface area contributed by atoms with Crippen molar-refractivity contribution in [2.45, 2.75) is 45.4 Å². The minimum Gasteiger partial charge on any atom is -0.342 e. The molecule has 5 nitrogen and oxygen atoms in total. The molecule has 2 fully saturated rings. The van der Waals surface area contributed by atoms with Crippen molar-refractivity contribution in [2.24, 2.45) is 5.41 Å². The molecule has 6 heteroatoms. The quantitative estimate of drug-likeness (QED) is 0.885. The third kappa shape index (κ3) is 4.17. The number of carbonyl (C=O) groups excluding carboxylic acids is 2. The first-order valence-corrected chi connectivity index (χ1v) is 9.61. The van der Waals surface area contributed by atoms with Crippen molar-refractivity contribution >= 4 is 17.6 Å². The maximum absolute atomic E-state index is 13.8. The minimum atomic E-state index is -0.429. The lowest BCUT2D eigenvalue weighted by molar-refractivity contribution is -0.139. The second-order valence-corrected chi connectivity index (χ2v) is 7.60. The van der Waals surface area contributed by atoms with Crippen molar-refractivity contribution in [3.05, 3.63) is 30.1 Å². The average Bonchev–Trinajstić information content (AvgIpc) is 2.65. The van der Waals surface area contributed by atoms with Crippen LogP contribution in [0.2, 0.25) is 0 Å². The normalized spacial score (nSPS) is 23.4. The molecule has 0 radical (unpaired) electrons. The monoisotopic (exact) mass is 361 g/mol. The number of unbranched alkanes of at least 4 members (excludes halogenated alkanes) is 1. The highest BCUT2D eigenvalue weighted by atomic mass is 19.1. The van der Waals surface area contributed by atoms with Crippen LogP contribution in [0.15, 0.2) is 24.3 Å². The zero-order valence-electron chi connectivity index (χ0n) is 15.5. The van der Waals surface area contributed by atoms with Crippen LogP contribution in [0.1, 0.15) is 45.4 Å². The summed E-state index contributed by atoms with van der Waals surface area (Å²) in [5.41, 5.74) is 0.187. The summed E-state index contributed by atoms with van der Waals surface area (Å²) in [6.07, 6.45) is 5.42. The van der Waals surface area contributed by atoms with Crippen molar-refractivity contribution in [3.8, 4) is 0 Å². The van der Waals surface area contributed by atoms with Gasteiger partial charge in [-0.05, 0) is 37.8 Å². The summed E-state index contributed by atoms with van der Waals surface area (Å²) < 4.78 is 13.8. The van der Waals surface area contributed by atoms with E-state index in [-0.39, 0.29) is 23.0 Å². The van der Waals surface area contributed by atoms with Gasteiger partial charge in [0.1, 0.15) is 5.82 Å². The van der Waals surface area contributed by atoms with Crippen molar-refractivity contribution in [2.75, 3.05) is 31.5 Å². The van der Waals surface area contributed by atoms with Crippen LogP contribution in [-0.4, -0.2) is 47.9 Å². The van der Waals surface area contributed by atoms with Crippen LogP contribution in [0.3, 0.4) is 0 Å². The van der Waals surface area contributed by atoms with Crippen LogP contribution in [0.25, 0.3) is 0 Å². The van der Waals surface area contributed by atoms with E-state index >= 15 is 0 Å². The average molecular weight is 361 g/mol. The van der Waals surface area contributed by atoms with E-state index in [1.165, 1.54) is 6.07 Å². The molecular weight excluding hydrogens is 333 g/mol. The Morgan fingerprint density at radius 2 is 2.08 bits per heavy atom. The number of para-hydroxylation sites is 1. The van der Waals surface area contributed by atoms with Crippen LogP contribution in [-0.2, 0) is 4.79 Å². The van der Waals surface area contributed by atoms with Crippen LogP contribution < -0.4 is 5.32 Å². The van der Waals surface area contributed by atoms with Crippen LogP contribution >= 0.6 is 0 Å². The minimum absolute atomic E-state index is 0.0214. The van der Waals surface area contributed by atoms with Gasteiger partial charge in [-0.15, -0.1) is 0 Å². The smallest absolute Gasteiger partial charge is 0.321 e. The summed E-state index contributed by atoms with van der Waals surface area (Å²) in [5.74, 6) is -0.196. The highest BCUT2D eigenvalue weighted by Crippen LogP contribution is 2.39. The predicted octanol–water partition coefficient (Wildman–Crippen LogP) is 3.86. The lowest BCUT2D eigenvalue weighted by Gasteiger charge is -2.48. The summed E-state index contributed by atoms with van der Waals surface area (Å²) in [6.45, 7) is 4.96. The molecule has 1 atom stereocenters.